The number of nitrogens with zero attached hydrogens (tertiary/aromatic N) is 1. The third kappa shape index (κ3) is 8.82. The number of hydrogen-bond acceptors (Lipinski definition) is 4. The zero-order valence-electron chi connectivity index (χ0n) is 30.1. The number of fused-ring (bicyclic) bond motifs is 2. The molecule has 1 N–H and O–H groups in total. The van der Waals surface area contributed by atoms with Crippen LogP contribution in [-0.2, 0) is 30.3 Å². The Morgan fingerprint density at radius 1 is 0.896 bits per heavy atom. The molecule has 0 saturated carbocycles. The van der Waals surface area contributed by atoms with E-state index in [4.69, 9.17) is 9.40 Å². The van der Waals surface area contributed by atoms with E-state index in [1.54, 1.807) is 0 Å². The van der Waals surface area contributed by atoms with Gasteiger partial charge in [0, 0.05) is 55.3 Å². The Kier molecular flexibility index (Phi) is 13.8. The molecular weight excluding hydrogens is 787 g/mol. The van der Waals surface area contributed by atoms with E-state index >= 15 is 0 Å². The molecule has 0 bridgehead atoms. The van der Waals surface area contributed by atoms with Gasteiger partial charge in [-0.25, -0.2) is 0 Å². The summed E-state index contributed by atoms with van der Waals surface area (Å²) in [6, 6.07) is 29.3. The van der Waals surface area contributed by atoms with E-state index in [9.17, 15) is 9.90 Å². The van der Waals surface area contributed by atoms with E-state index < -0.39 is 8.07 Å². The molecule has 6 heteroatoms. The fourth-order valence-electron chi connectivity index (χ4n) is 6.22. The van der Waals surface area contributed by atoms with Crippen molar-refractivity contribution in [3.63, 3.8) is 0 Å². The number of aliphatic hydroxyl groups excluding tert-OH is 1. The minimum Gasteiger partial charge on any atom is -0.512 e. The van der Waals surface area contributed by atoms with Gasteiger partial charge < -0.3 is 9.52 Å². The van der Waals surface area contributed by atoms with Crippen LogP contribution in [0.25, 0.3) is 33.0 Å². The number of benzene rings is 3. The molecule has 0 atom stereocenters. The molecule has 2 aromatic heterocycles. The molecule has 0 unspecified atom stereocenters. The van der Waals surface area contributed by atoms with Gasteiger partial charge in [-0.15, -0.1) is 29.1 Å². The van der Waals surface area contributed by atoms with Crippen molar-refractivity contribution < 1.29 is 34.4 Å². The summed E-state index contributed by atoms with van der Waals surface area (Å²) >= 11 is 0. The molecule has 0 amide bonds. The number of allylic oxidation sites excluding steroid dienone is 2. The van der Waals surface area contributed by atoms with Crippen molar-refractivity contribution in [3.8, 4) is 11.3 Å². The standard InChI is InChI=1S/C29H28NOSi.C13H24O2.Ir/c1-29(2,3)25-18-22(17-20-11-9-10-14-24(20)25)27-28-21(15-16-30-27)19-26(31-28)32(4,5)23-12-7-6-8-13-23;1-5-10(6-2)12(14)9-13(15)11(7-3)8-4;/h6-16,18-19H,1-5H3;9-11,14H,5-8H2,1-4H3;/q-1;;/b;12-9-;. The largest absolute Gasteiger partial charge is 0.512 e. The van der Waals surface area contributed by atoms with Gasteiger partial charge >= 0.3 is 0 Å². The molecule has 2 heterocycles. The van der Waals surface area contributed by atoms with Gasteiger partial charge in [0.05, 0.1) is 11.1 Å². The summed E-state index contributed by atoms with van der Waals surface area (Å²) in [5.41, 5.74) is 4.01. The van der Waals surface area contributed by atoms with E-state index in [0.29, 0.717) is 0 Å². The number of aromatic nitrogens is 1. The van der Waals surface area contributed by atoms with Crippen molar-refractivity contribution in [1.82, 2.24) is 4.98 Å². The summed E-state index contributed by atoms with van der Waals surface area (Å²) in [6.45, 7) is 19.5. The molecule has 257 valence electrons. The van der Waals surface area contributed by atoms with E-state index in [1.807, 2.05) is 40.0 Å². The van der Waals surface area contributed by atoms with Crippen LogP contribution in [0, 0.1) is 17.9 Å². The Hall–Kier alpha value is -3.31. The minimum atomic E-state index is -1.95. The quantitative estimate of drug-likeness (QED) is 0.0659. The van der Waals surface area contributed by atoms with Gasteiger partial charge in [0.25, 0.3) is 0 Å². The Morgan fingerprint density at radius 2 is 1.50 bits per heavy atom. The summed E-state index contributed by atoms with van der Waals surface area (Å²) in [5, 5.41) is 15.6. The van der Waals surface area contributed by atoms with Gasteiger partial charge in [-0.1, -0.05) is 126 Å². The summed E-state index contributed by atoms with van der Waals surface area (Å²) < 4.78 is 6.59. The summed E-state index contributed by atoms with van der Waals surface area (Å²) in [6.07, 6.45) is 6.79. The first kappa shape index (κ1) is 39.1. The summed E-state index contributed by atoms with van der Waals surface area (Å²) in [4.78, 5) is 16.5. The van der Waals surface area contributed by atoms with Crippen LogP contribution in [0.3, 0.4) is 0 Å². The monoisotopic (exact) mass is 839 g/mol. The Labute approximate surface area is 302 Å². The van der Waals surface area contributed by atoms with Crippen LogP contribution >= 0.6 is 0 Å². The molecule has 48 heavy (non-hydrogen) atoms. The Morgan fingerprint density at radius 3 is 2.10 bits per heavy atom. The van der Waals surface area contributed by atoms with Crippen molar-refractivity contribution >= 4 is 46.2 Å². The minimum absolute atomic E-state index is 0. The van der Waals surface area contributed by atoms with Crippen LogP contribution in [0.2, 0.25) is 13.1 Å². The summed E-state index contributed by atoms with van der Waals surface area (Å²) in [5.74, 6) is 0.547. The van der Waals surface area contributed by atoms with Crippen molar-refractivity contribution in [2.75, 3.05) is 0 Å². The molecule has 4 nitrogen and oxygen atoms in total. The first-order valence-corrected chi connectivity index (χ1v) is 20.2. The predicted molar refractivity (Wildman–Crippen MR) is 202 cm³/mol. The second kappa shape index (κ2) is 16.9. The van der Waals surface area contributed by atoms with Crippen LogP contribution in [0.4, 0.5) is 0 Å². The van der Waals surface area contributed by atoms with Crippen molar-refractivity contribution in [2.45, 2.75) is 92.7 Å². The van der Waals surface area contributed by atoms with Gasteiger partial charge in [0.15, 0.2) is 13.9 Å². The molecule has 0 aliphatic rings. The fourth-order valence-corrected chi connectivity index (χ4v) is 8.40. The smallest absolute Gasteiger partial charge is 0.162 e. The number of ketones is 1. The normalized spacial score (nSPS) is 12.3. The predicted octanol–water partition coefficient (Wildman–Crippen LogP) is 10.4. The zero-order valence-corrected chi connectivity index (χ0v) is 33.5. The molecule has 0 aliphatic heterocycles. The van der Waals surface area contributed by atoms with Crippen LogP contribution in [-0.4, -0.2) is 23.9 Å². The second-order valence-corrected chi connectivity index (χ2v) is 18.4. The van der Waals surface area contributed by atoms with E-state index in [-0.39, 0.29) is 48.9 Å². The molecule has 5 rings (SSSR count). The SMILES string of the molecule is CC(C)(C)c1cc(-c2nccc3cc([Si](C)(C)c4ccccc4)oc23)[c-]c2ccccc12.CCC(CC)C(=O)/C=C(\O)C(CC)CC.[Ir]. The molecular formula is C42H52IrNO3Si-. The fraction of sp³-hybridized carbons (Fsp3) is 0.381. The third-order valence-corrected chi connectivity index (χ3v) is 12.7. The molecule has 0 fully saturated rings. The van der Waals surface area contributed by atoms with Crippen LogP contribution in [0.15, 0.2) is 95.2 Å². The van der Waals surface area contributed by atoms with E-state index in [1.165, 1.54) is 22.2 Å². The average molecular weight is 839 g/mol. The topological polar surface area (TPSA) is 63.3 Å². The maximum absolute atomic E-state index is 11.7. The van der Waals surface area contributed by atoms with Gasteiger partial charge in [0.2, 0.25) is 0 Å². The van der Waals surface area contributed by atoms with Crippen LogP contribution < -0.4 is 10.6 Å². The maximum Gasteiger partial charge on any atom is 0.162 e. The number of pyridine rings is 1. The number of rotatable bonds is 10. The number of carbonyl (C=O) groups excluding carboxylic acids is 1. The first-order chi connectivity index (χ1) is 22.3. The summed E-state index contributed by atoms with van der Waals surface area (Å²) in [7, 11) is -1.95. The first-order valence-electron chi connectivity index (χ1n) is 17.2. The third-order valence-electron chi connectivity index (χ3n) is 9.47. The van der Waals surface area contributed by atoms with Crippen molar-refractivity contribution in [2.24, 2.45) is 11.8 Å². The van der Waals surface area contributed by atoms with Gasteiger partial charge in [-0.05, 0) is 43.2 Å². The Balaban J connectivity index is 0.000000334. The average Bonchev–Trinajstić information content (AvgIpc) is 3.51. The van der Waals surface area contributed by atoms with Gasteiger partial charge in [-0.3, -0.25) is 9.78 Å². The number of carbonyl (C=O) groups is 1. The molecule has 3 aromatic carbocycles. The number of furan rings is 1. The Bertz CT molecular complexity index is 1830. The zero-order chi connectivity index (χ0) is 34.4. The number of aliphatic hydroxyl groups is 1. The maximum atomic E-state index is 11.7. The van der Waals surface area contributed by atoms with Gasteiger partial charge in [0.1, 0.15) is 5.58 Å². The molecule has 5 aromatic rings. The molecule has 0 spiro atoms. The van der Waals surface area contributed by atoms with Gasteiger partial charge in [-0.2, -0.15) is 0 Å². The van der Waals surface area contributed by atoms with E-state index in [0.717, 1.165) is 58.7 Å². The van der Waals surface area contributed by atoms with Crippen LogP contribution in [0.1, 0.15) is 79.7 Å². The van der Waals surface area contributed by atoms with Crippen molar-refractivity contribution in [3.05, 3.63) is 102 Å². The molecule has 1 radical (unpaired) electrons. The second-order valence-electron chi connectivity index (χ2n) is 14.1. The number of hydrogen-bond donors (Lipinski definition) is 1. The molecule has 0 saturated heterocycles. The van der Waals surface area contributed by atoms with Crippen molar-refractivity contribution in [1.29, 1.82) is 0 Å². The molecule has 0 aliphatic carbocycles. The van der Waals surface area contributed by atoms with E-state index in [2.05, 4.69) is 107 Å². The van der Waals surface area contributed by atoms with Crippen LogP contribution in [0.5, 0.6) is 0 Å².